The fourth-order valence-corrected chi connectivity index (χ4v) is 6.34. The maximum atomic E-state index is 6.36. The Morgan fingerprint density at radius 3 is 1.90 bits per heavy atom. The summed E-state index contributed by atoms with van der Waals surface area (Å²) >= 11 is 3.63. The van der Waals surface area contributed by atoms with E-state index in [1.807, 2.05) is 11.3 Å². The van der Waals surface area contributed by atoms with E-state index in [9.17, 15) is 0 Å². The predicted molar refractivity (Wildman–Crippen MR) is 133 cm³/mol. The van der Waals surface area contributed by atoms with E-state index in [2.05, 4.69) is 89.9 Å². The van der Waals surface area contributed by atoms with Gasteiger partial charge in [0.05, 0.1) is 6.54 Å². The third-order valence-corrected chi connectivity index (χ3v) is 7.82. The highest BCUT2D eigenvalue weighted by atomic mass is 32.1. The Hall–Kier alpha value is -3.21. The Morgan fingerprint density at radius 2 is 1.20 bits per heavy atom. The molecule has 0 saturated heterocycles. The zero-order valence-corrected chi connectivity index (χ0v) is 17.8. The molecular formula is C26H18N2S2. The molecule has 6 rings (SSSR count). The van der Waals surface area contributed by atoms with Crippen molar-refractivity contribution in [2.75, 3.05) is 0 Å². The number of nitrogens with two attached hydrogens (primary N) is 1. The van der Waals surface area contributed by atoms with E-state index >= 15 is 0 Å². The normalized spacial score (nSPS) is 12.5. The molecule has 4 heteroatoms. The monoisotopic (exact) mass is 422 g/mol. The first kappa shape index (κ1) is 17.6. The zero-order chi connectivity index (χ0) is 20.1. The van der Waals surface area contributed by atoms with Crippen LogP contribution in [0.2, 0.25) is 0 Å². The lowest BCUT2D eigenvalue weighted by atomic mass is 10.1. The number of rotatable bonds is 3. The van der Waals surface area contributed by atoms with Crippen molar-refractivity contribution in [3.8, 4) is 0 Å². The third-order valence-electron chi connectivity index (χ3n) is 5.55. The highest BCUT2D eigenvalue weighted by Crippen LogP contribution is 2.35. The van der Waals surface area contributed by atoms with Gasteiger partial charge in [-0.15, -0.1) is 22.7 Å². The Labute approximate surface area is 181 Å². The van der Waals surface area contributed by atoms with Crippen molar-refractivity contribution in [1.82, 2.24) is 0 Å². The summed E-state index contributed by atoms with van der Waals surface area (Å²) < 4.78 is 5.17. The molecule has 0 aliphatic rings. The average Bonchev–Trinajstić information content (AvgIpc) is 3.34. The molecule has 4 aromatic carbocycles. The van der Waals surface area contributed by atoms with Crippen LogP contribution in [0.4, 0.5) is 0 Å². The van der Waals surface area contributed by atoms with Crippen molar-refractivity contribution < 1.29 is 0 Å². The molecule has 2 aromatic heterocycles. The average molecular weight is 423 g/mol. The highest BCUT2D eigenvalue weighted by molar-refractivity contribution is 7.26. The molecule has 2 heterocycles. The molecule has 0 spiro atoms. The van der Waals surface area contributed by atoms with Crippen molar-refractivity contribution in [1.29, 1.82) is 0 Å². The summed E-state index contributed by atoms with van der Waals surface area (Å²) in [5.74, 6) is 0.589. The molecule has 2 nitrogen and oxygen atoms in total. The van der Waals surface area contributed by atoms with Crippen LogP contribution < -0.4 is 5.73 Å². The van der Waals surface area contributed by atoms with Gasteiger partial charge in [-0.2, -0.15) is 0 Å². The molecule has 0 aliphatic carbocycles. The van der Waals surface area contributed by atoms with Crippen molar-refractivity contribution in [3.63, 3.8) is 0 Å². The highest BCUT2D eigenvalue weighted by Gasteiger charge is 2.08. The zero-order valence-electron chi connectivity index (χ0n) is 16.1. The number of benzene rings is 4. The minimum atomic E-state index is 0.584. The van der Waals surface area contributed by atoms with Crippen LogP contribution in [-0.2, 0) is 6.54 Å². The van der Waals surface area contributed by atoms with Gasteiger partial charge in [-0.05, 0) is 29.8 Å². The van der Waals surface area contributed by atoms with E-state index < -0.39 is 0 Å². The summed E-state index contributed by atoms with van der Waals surface area (Å²) in [7, 11) is 0. The number of thiophene rings is 2. The van der Waals surface area contributed by atoms with Gasteiger partial charge in [0, 0.05) is 45.9 Å². The lowest BCUT2D eigenvalue weighted by Gasteiger charge is -2.03. The summed E-state index contributed by atoms with van der Waals surface area (Å²) in [4.78, 5) is 4.69. The summed E-state index contributed by atoms with van der Waals surface area (Å²) in [6, 6.07) is 30.1. The molecule has 6 aromatic rings. The second-order valence-corrected chi connectivity index (χ2v) is 9.61. The second kappa shape index (κ2) is 6.94. The first-order valence-electron chi connectivity index (χ1n) is 9.88. The SMILES string of the molecule is NC(=NCc1ccc2c(c1)sc1ccccc12)c1ccc2c(c1)sc1ccccc12. The maximum Gasteiger partial charge on any atom is 0.126 e. The Kier molecular flexibility index (Phi) is 4.08. The molecule has 0 amide bonds. The summed E-state index contributed by atoms with van der Waals surface area (Å²) in [5, 5.41) is 5.22. The first-order valence-corrected chi connectivity index (χ1v) is 11.5. The minimum Gasteiger partial charge on any atom is -0.383 e. The third kappa shape index (κ3) is 2.88. The molecule has 2 N–H and O–H groups in total. The standard InChI is InChI=1S/C26H18N2S2/c27-26(17-10-12-21-19-6-2-4-8-23(19)30-25(21)14-17)28-15-16-9-11-20-18-5-1-3-7-22(18)29-24(20)13-16/h1-14H,15H2,(H2,27,28). The van der Waals surface area contributed by atoms with Crippen molar-refractivity contribution in [2.45, 2.75) is 6.54 Å². The van der Waals surface area contributed by atoms with Crippen molar-refractivity contribution in [3.05, 3.63) is 96.1 Å². The molecule has 0 atom stereocenters. The van der Waals surface area contributed by atoms with Gasteiger partial charge in [0.1, 0.15) is 5.84 Å². The number of aliphatic imine (C=N–C) groups is 1. The van der Waals surface area contributed by atoms with E-state index in [4.69, 9.17) is 5.73 Å². The fourth-order valence-electron chi connectivity index (χ4n) is 4.02. The molecular weight excluding hydrogens is 404 g/mol. The van der Waals surface area contributed by atoms with Crippen LogP contribution in [-0.4, -0.2) is 5.84 Å². The largest absolute Gasteiger partial charge is 0.383 e. The van der Waals surface area contributed by atoms with E-state index in [-0.39, 0.29) is 0 Å². The minimum absolute atomic E-state index is 0.584. The van der Waals surface area contributed by atoms with Gasteiger partial charge in [0.2, 0.25) is 0 Å². The van der Waals surface area contributed by atoms with Gasteiger partial charge in [-0.1, -0.05) is 60.7 Å². The lowest BCUT2D eigenvalue weighted by Crippen LogP contribution is -2.13. The maximum absolute atomic E-state index is 6.36. The van der Waals surface area contributed by atoms with Crippen molar-refractivity contribution >= 4 is 68.9 Å². The van der Waals surface area contributed by atoms with Crippen LogP contribution in [0.15, 0.2) is 89.9 Å². The van der Waals surface area contributed by atoms with Crippen LogP contribution >= 0.6 is 22.7 Å². The number of hydrogen-bond donors (Lipinski definition) is 1. The molecule has 0 unspecified atom stereocenters. The van der Waals surface area contributed by atoms with Crippen LogP contribution in [0.5, 0.6) is 0 Å². The molecule has 0 fully saturated rings. The fraction of sp³-hybridized carbons (Fsp3) is 0.0385. The summed E-state index contributed by atoms with van der Waals surface area (Å²) in [5.41, 5.74) is 8.52. The molecule has 0 saturated carbocycles. The quantitative estimate of drug-likeness (QED) is 0.235. The van der Waals surface area contributed by atoms with Gasteiger partial charge < -0.3 is 5.73 Å². The molecule has 0 radical (unpaired) electrons. The van der Waals surface area contributed by atoms with Gasteiger partial charge in [-0.25, -0.2) is 0 Å². The van der Waals surface area contributed by atoms with Gasteiger partial charge in [-0.3, -0.25) is 4.99 Å². The number of fused-ring (bicyclic) bond motifs is 6. The number of nitrogens with zero attached hydrogens (tertiary/aromatic N) is 1. The molecule has 0 aliphatic heterocycles. The summed E-state index contributed by atoms with van der Waals surface area (Å²) in [6.45, 7) is 0.584. The molecule has 30 heavy (non-hydrogen) atoms. The number of amidine groups is 1. The molecule has 144 valence electrons. The second-order valence-electron chi connectivity index (χ2n) is 7.44. The predicted octanol–water partition coefficient (Wildman–Crippen LogP) is 7.33. The van der Waals surface area contributed by atoms with Crippen LogP contribution in [0.25, 0.3) is 40.3 Å². The van der Waals surface area contributed by atoms with E-state index in [0.29, 0.717) is 12.4 Å². The van der Waals surface area contributed by atoms with Gasteiger partial charge in [0.15, 0.2) is 0 Å². The Morgan fingerprint density at radius 1 is 0.633 bits per heavy atom. The number of hydrogen-bond acceptors (Lipinski definition) is 3. The van der Waals surface area contributed by atoms with E-state index in [1.54, 1.807) is 11.3 Å². The molecule has 0 bridgehead atoms. The Balaban J connectivity index is 1.32. The first-order chi connectivity index (χ1) is 14.8. The topological polar surface area (TPSA) is 38.4 Å². The van der Waals surface area contributed by atoms with E-state index in [0.717, 1.165) is 5.56 Å². The van der Waals surface area contributed by atoms with Gasteiger partial charge >= 0.3 is 0 Å². The van der Waals surface area contributed by atoms with Crippen LogP contribution in [0.1, 0.15) is 11.1 Å². The van der Waals surface area contributed by atoms with Gasteiger partial charge in [0.25, 0.3) is 0 Å². The van der Waals surface area contributed by atoms with E-state index in [1.165, 1.54) is 45.9 Å². The summed E-state index contributed by atoms with van der Waals surface area (Å²) in [6.07, 6.45) is 0. The van der Waals surface area contributed by atoms with Crippen LogP contribution in [0, 0.1) is 0 Å². The Bertz CT molecular complexity index is 1590. The van der Waals surface area contributed by atoms with Crippen LogP contribution in [0.3, 0.4) is 0 Å². The smallest absolute Gasteiger partial charge is 0.126 e. The van der Waals surface area contributed by atoms with Crippen molar-refractivity contribution in [2.24, 2.45) is 10.7 Å². The lowest BCUT2D eigenvalue weighted by molar-refractivity contribution is 1.07.